The molecule has 1 aromatic heterocycles. The summed E-state index contributed by atoms with van der Waals surface area (Å²) in [6.07, 6.45) is 0. The van der Waals surface area contributed by atoms with Crippen LogP contribution in [0.3, 0.4) is 0 Å². The fourth-order valence-corrected chi connectivity index (χ4v) is 3.80. The molecular weight excluding hydrogens is 370 g/mol. The summed E-state index contributed by atoms with van der Waals surface area (Å²) in [6.45, 7) is 10.5. The van der Waals surface area contributed by atoms with Gasteiger partial charge in [-0.3, -0.25) is 4.79 Å². The standard InChI is InChI=1S/C24H23N3O.C2H6/c1-4-26(22-16-10-12-19-11-8-9-15-21(19)22)24(28)23-17(2)27(18(3)25-23)20-13-6-5-7-14-20;1-2/h5-16H,4H2,1-3H3;1-2H3. The fraction of sp³-hybridized carbons (Fsp3) is 0.231. The number of hydrogen-bond acceptors (Lipinski definition) is 2. The molecule has 0 spiro atoms. The summed E-state index contributed by atoms with van der Waals surface area (Å²) in [5.74, 6) is 0.732. The number of nitrogens with zero attached hydrogens (tertiary/aromatic N) is 3. The van der Waals surface area contributed by atoms with Gasteiger partial charge in [-0.25, -0.2) is 4.98 Å². The Hall–Kier alpha value is -3.40. The number of amides is 1. The molecule has 0 atom stereocenters. The molecule has 0 saturated carbocycles. The smallest absolute Gasteiger partial charge is 0.278 e. The van der Waals surface area contributed by atoms with E-state index in [-0.39, 0.29) is 5.91 Å². The average molecular weight is 400 g/mol. The third kappa shape index (κ3) is 3.86. The number of imidazole rings is 1. The molecule has 0 radical (unpaired) electrons. The Morgan fingerprint density at radius 3 is 2.23 bits per heavy atom. The Morgan fingerprint density at radius 1 is 0.900 bits per heavy atom. The number of para-hydroxylation sites is 1. The summed E-state index contributed by atoms with van der Waals surface area (Å²) in [6, 6.07) is 24.2. The summed E-state index contributed by atoms with van der Waals surface area (Å²) in [4.78, 5) is 19.9. The average Bonchev–Trinajstić information content (AvgIpc) is 3.10. The molecule has 0 saturated heterocycles. The van der Waals surface area contributed by atoms with Crippen molar-refractivity contribution < 1.29 is 4.79 Å². The predicted molar refractivity (Wildman–Crippen MR) is 126 cm³/mol. The SMILES string of the molecule is CC.CCN(C(=O)c1nc(C)n(-c2ccccc2)c1C)c1cccc2ccccc12. The van der Waals surface area contributed by atoms with Gasteiger partial charge in [0, 0.05) is 17.6 Å². The van der Waals surface area contributed by atoms with Crippen LogP contribution in [0.2, 0.25) is 0 Å². The Bertz CT molecular complexity index is 1140. The lowest BCUT2D eigenvalue weighted by Gasteiger charge is -2.22. The molecule has 1 amide bonds. The molecule has 4 nitrogen and oxygen atoms in total. The van der Waals surface area contributed by atoms with Crippen LogP contribution in [0.15, 0.2) is 72.8 Å². The summed E-state index contributed by atoms with van der Waals surface area (Å²) in [5, 5.41) is 2.19. The third-order valence-electron chi connectivity index (χ3n) is 5.11. The molecule has 4 rings (SSSR count). The molecule has 0 aliphatic rings. The number of benzene rings is 3. The normalized spacial score (nSPS) is 10.4. The van der Waals surface area contributed by atoms with E-state index in [0.717, 1.165) is 33.7 Å². The zero-order valence-electron chi connectivity index (χ0n) is 18.4. The van der Waals surface area contributed by atoms with Crippen LogP contribution in [-0.4, -0.2) is 22.0 Å². The van der Waals surface area contributed by atoms with Gasteiger partial charge in [0.05, 0.1) is 11.4 Å². The van der Waals surface area contributed by atoms with E-state index in [2.05, 4.69) is 23.2 Å². The molecule has 0 N–H and O–H groups in total. The Labute approximate surface area is 178 Å². The van der Waals surface area contributed by atoms with E-state index >= 15 is 0 Å². The summed E-state index contributed by atoms with van der Waals surface area (Å²) >= 11 is 0. The summed E-state index contributed by atoms with van der Waals surface area (Å²) in [5.41, 5.74) is 3.28. The van der Waals surface area contributed by atoms with Crippen LogP contribution in [0.4, 0.5) is 5.69 Å². The van der Waals surface area contributed by atoms with E-state index in [1.807, 2.05) is 98.7 Å². The van der Waals surface area contributed by atoms with Crippen molar-refractivity contribution in [3.05, 3.63) is 90.0 Å². The van der Waals surface area contributed by atoms with E-state index in [9.17, 15) is 4.79 Å². The molecule has 3 aromatic carbocycles. The van der Waals surface area contributed by atoms with Crippen molar-refractivity contribution in [2.45, 2.75) is 34.6 Å². The molecule has 0 fully saturated rings. The van der Waals surface area contributed by atoms with Gasteiger partial charge in [0.1, 0.15) is 11.5 Å². The maximum absolute atomic E-state index is 13.5. The first kappa shape index (κ1) is 21.3. The molecule has 30 heavy (non-hydrogen) atoms. The Morgan fingerprint density at radius 2 is 1.53 bits per heavy atom. The quantitative estimate of drug-likeness (QED) is 0.402. The predicted octanol–water partition coefficient (Wildman–Crippen LogP) is 6.34. The highest BCUT2D eigenvalue weighted by atomic mass is 16.2. The van der Waals surface area contributed by atoms with E-state index in [1.54, 1.807) is 0 Å². The number of rotatable bonds is 4. The van der Waals surface area contributed by atoms with E-state index in [0.29, 0.717) is 12.2 Å². The van der Waals surface area contributed by atoms with Crippen LogP contribution in [0.1, 0.15) is 42.8 Å². The van der Waals surface area contributed by atoms with Crippen molar-refractivity contribution in [3.63, 3.8) is 0 Å². The van der Waals surface area contributed by atoms with Crippen LogP contribution in [0, 0.1) is 13.8 Å². The lowest BCUT2D eigenvalue weighted by molar-refractivity contribution is 0.0983. The second kappa shape index (κ2) is 9.40. The van der Waals surface area contributed by atoms with Gasteiger partial charge in [-0.2, -0.15) is 0 Å². The maximum atomic E-state index is 13.5. The van der Waals surface area contributed by atoms with E-state index < -0.39 is 0 Å². The molecule has 0 aliphatic heterocycles. The molecule has 4 aromatic rings. The van der Waals surface area contributed by atoms with Crippen molar-refractivity contribution in [2.24, 2.45) is 0 Å². The first-order valence-corrected chi connectivity index (χ1v) is 10.5. The summed E-state index contributed by atoms with van der Waals surface area (Å²) < 4.78 is 2.03. The lowest BCUT2D eigenvalue weighted by Crippen LogP contribution is -2.31. The number of hydrogen-bond donors (Lipinski definition) is 0. The van der Waals surface area contributed by atoms with Gasteiger partial charge in [0.2, 0.25) is 0 Å². The first-order valence-electron chi connectivity index (χ1n) is 10.5. The topological polar surface area (TPSA) is 38.1 Å². The van der Waals surface area contributed by atoms with Crippen LogP contribution in [0.5, 0.6) is 0 Å². The molecular formula is C26H29N3O. The number of carbonyl (C=O) groups excluding carboxylic acids is 1. The van der Waals surface area contributed by atoms with E-state index in [1.165, 1.54) is 0 Å². The largest absolute Gasteiger partial charge is 0.307 e. The first-order chi connectivity index (χ1) is 14.6. The van der Waals surface area contributed by atoms with Gasteiger partial charge in [0.25, 0.3) is 5.91 Å². The highest BCUT2D eigenvalue weighted by Crippen LogP contribution is 2.28. The van der Waals surface area contributed by atoms with Crippen molar-refractivity contribution >= 4 is 22.4 Å². The van der Waals surface area contributed by atoms with Gasteiger partial charge in [-0.15, -0.1) is 0 Å². The van der Waals surface area contributed by atoms with Crippen LogP contribution >= 0.6 is 0 Å². The molecule has 0 unspecified atom stereocenters. The van der Waals surface area contributed by atoms with Crippen LogP contribution in [-0.2, 0) is 0 Å². The minimum atomic E-state index is -0.0749. The second-order valence-corrected chi connectivity index (χ2v) is 6.81. The number of aryl methyl sites for hydroxylation is 1. The molecule has 1 heterocycles. The second-order valence-electron chi connectivity index (χ2n) is 6.81. The highest BCUT2D eigenvalue weighted by molar-refractivity contribution is 6.10. The van der Waals surface area contributed by atoms with E-state index in [4.69, 9.17) is 0 Å². The molecule has 0 aliphatic carbocycles. The minimum Gasteiger partial charge on any atom is -0.307 e. The molecule has 4 heteroatoms. The van der Waals surface area contributed by atoms with Crippen molar-refractivity contribution in [1.29, 1.82) is 0 Å². The summed E-state index contributed by atoms with van der Waals surface area (Å²) in [7, 11) is 0. The number of anilines is 1. The van der Waals surface area contributed by atoms with Gasteiger partial charge in [-0.1, -0.05) is 68.4 Å². The fourth-order valence-electron chi connectivity index (χ4n) is 3.80. The van der Waals surface area contributed by atoms with Crippen molar-refractivity contribution in [2.75, 3.05) is 11.4 Å². The highest BCUT2D eigenvalue weighted by Gasteiger charge is 2.24. The van der Waals surface area contributed by atoms with Gasteiger partial charge in [-0.05, 0) is 44.4 Å². The number of carbonyl (C=O) groups is 1. The third-order valence-corrected chi connectivity index (χ3v) is 5.11. The zero-order valence-corrected chi connectivity index (χ0v) is 18.4. The van der Waals surface area contributed by atoms with Gasteiger partial charge >= 0.3 is 0 Å². The Balaban J connectivity index is 0.00000124. The van der Waals surface area contributed by atoms with Crippen LogP contribution < -0.4 is 4.90 Å². The zero-order chi connectivity index (χ0) is 21.7. The maximum Gasteiger partial charge on any atom is 0.278 e. The van der Waals surface area contributed by atoms with Crippen molar-refractivity contribution in [3.8, 4) is 5.69 Å². The van der Waals surface area contributed by atoms with Crippen LogP contribution in [0.25, 0.3) is 16.5 Å². The van der Waals surface area contributed by atoms with Gasteiger partial charge in [0.15, 0.2) is 0 Å². The Kier molecular flexibility index (Phi) is 6.68. The number of fused-ring (bicyclic) bond motifs is 1. The molecule has 0 bridgehead atoms. The van der Waals surface area contributed by atoms with Crippen molar-refractivity contribution in [1.82, 2.24) is 9.55 Å². The monoisotopic (exact) mass is 399 g/mol. The number of aromatic nitrogens is 2. The minimum absolute atomic E-state index is 0.0749. The van der Waals surface area contributed by atoms with Gasteiger partial charge < -0.3 is 9.47 Å². The lowest BCUT2D eigenvalue weighted by atomic mass is 10.1. The molecule has 154 valence electrons.